The van der Waals surface area contributed by atoms with Crippen LogP contribution in [0, 0.1) is 5.92 Å². The zero-order valence-electron chi connectivity index (χ0n) is 16.3. The highest BCUT2D eigenvalue weighted by Gasteiger charge is 2.47. The van der Waals surface area contributed by atoms with E-state index in [2.05, 4.69) is 10.3 Å². The number of hydrogen-bond acceptors (Lipinski definition) is 4. The summed E-state index contributed by atoms with van der Waals surface area (Å²) in [5, 5.41) is 2.94. The molecule has 7 nitrogen and oxygen atoms in total. The number of rotatable bonds is 3. The number of amides is 2. The van der Waals surface area contributed by atoms with Crippen molar-refractivity contribution in [1.29, 1.82) is 0 Å². The summed E-state index contributed by atoms with van der Waals surface area (Å²) in [5.74, 6) is 0.832. The standard InChI is InChI=1S/C21H26N4O3/c1-15(2)19(27)24-11-8-21(9-12-24)20-22-10-13-25(20)14-17(28-21)18(26)23-16-6-4-3-5-7-16/h3-7,10,13,15,17H,8-9,11-12,14H2,1-2H3,(H,23,26)/t17-/m0/s1. The van der Waals surface area contributed by atoms with Gasteiger partial charge in [0.15, 0.2) is 6.10 Å². The molecule has 2 aliphatic heterocycles. The lowest BCUT2D eigenvalue weighted by Crippen LogP contribution is -2.54. The van der Waals surface area contributed by atoms with Crippen molar-refractivity contribution in [2.45, 2.75) is 44.9 Å². The fraction of sp³-hybridized carbons (Fsp3) is 0.476. The van der Waals surface area contributed by atoms with E-state index in [0.29, 0.717) is 32.5 Å². The fourth-order valence-corrected chi connectivity index (χ4v) is 4.07. The molecule has 0 unspecified atom stereocenters. The number of hydrogen-bond donors (Lipinski definition) is 1. The number of benzene rings is 1. The SMILES string of the molecule is CC(C)C(=O)N1CCC2(CC1)O[C@H](C(=O)Nc1ccccc1)Cn1ccnc12. The first-order chi connectivity index (χ1) is 13.5. The number of fused-ring (bicyclic) bond motifs is 2. The van der Waals surface area contributed by atoms with Crippen molar-refractivity contribution in [2.75, 3.05) is 18.4 Å². The molecule has 1 saturated heterocycles. The van der Waals surface area contributed by atoms with E-state index < -0.39 is 11.7 Å². The van der Waals surface area contributed by atoms with Gasteiger partial charge >= 0.3 is 0 Å². The number of ether oxygens (including phenoxy) is 1. The van der Waals surface area contributed by atoms with Crippen molar-refractivity contribution >= 4 is 17.5 Å². The van der Waals surface area contributed by atoms with Gasteiger partial charge in [-0.2, -0.15) is 0 Å². The van der Waals surface area contributed by atoms with Gasteiger partial charge in [-0.05, 0) is 12.1 Å². The summed E-state index contributed by atoms with van der Waals surface area (Å²) in [6.45, 7) is 5.49. The Balaban J connectivity index is 1.52. The summed E-state index contributed by atoms with van der Waals surface area (Å²) >= 11 is 0. The Morgan fingerprint density at radius 2 is 1.93 bits per heavy atom. The Labute approximate surface area is 164 Å². The number of anilines is 1. The number of aromatic nitrogens is 2. The molecule has 148 valence electrons. The van der Waals surface area contributed by atoms with E-state index in [1.54, 1.807) is 6.20 Å². The van der Waals surface area contributed by atoms with Gasteiger partial charge in [0.2, 0.25) is 5.91 Å². The van der Waals surface area contributed by atoms with Crippen LogP contribution in [0.3, 0.4) is 0 Å². The van der Waals surface area contributed by atoms with Gasteiger partial charge in [0.05, 0.1) is 6.54 Å². The van der Waals surface area contributed by atoms with Crippen molar-refractivity contribution in [3.05, 3.63) is 48.5 Å². The van der Waals surface area contributed by atoms with Crippen LogP contribution in [0.2, 0.25) is 0 Å². The first kappa shape index (κ1) is 18.7. The lowest BCUT2D eigenvalue weighted by Gasteiger charge is -2.45. The van der Waals surface area contributed by atoms with Crippen LogP contribution in [0.1, 0.15) is 32.5 Å². The van der Waals surface area contributed by atoms with Gasteiger partial charge in [0.1, 0.15) is 11.4 Å². The average molecular weight is 382 g/mol. The summed E-state index contributed by atoms with van der Waals surface area (Å²) in [5.41, 5.74) is 0.118. The zero-order valence-corrected chi connectivity index (χ0v) is 16.3. The third-order valence-electron chi connectivity index (χ3n) is 5.56. The molecule has 1 spiro atoms. The molecule has 3 heterocycles. The number of carbonyl (C=O) groups is 2. The highest BCUT2D eigenvalue weighted by atomic mass is 16.5. The molecule has 1 atom stereocenters. The Bertz CT molecular complexity index is 854. The van der Waals surface area contributed by atoms with Crippen LogP contribution in [0.15, 0.2) is 42.7 Å². The van der Waals surface area contributed by atoms with Crippen molar-refractivity contribution < 1.29 is 14.3 Å². The molecule has 1 aromatic heterocycles. The normalized spacial score (nSPS) is 20.8. The number of carbonyl (C=O) groups excluding carboxylic acids is 2. The molecule has 28 heavy (non-hydrogen) atoms. The average Bonchev–Trinajstić information content (AvgIpc) is 3.18. The number of imidazole rings is 1. The summed E-state index contributed by atoms with van der Waals surface area (Å²) in [6, 6.07) is 9.39. The van der Waals surface area contributed by atoms with E-state index in [1.165, 1.54) is 0 Å². The molecule has 2 amide bonds. The molecule has 0 aliphatic carbocycles. The highest BCUT2D eigenvalue weighted by Crippen LogP contribution is 2.40. The number of likely N-dealkylation sites (tertiary alicyclic amines) is 1. The Morgan fingerprint density at radius 1 is 1.21 bits per heavy atom. The van der Waals surface area contributed by atoms with Crippen molar-refractivity contribution in [2.24, 2.45) is 5.92 Å². The number of para-hydroxylation sites is 1. The van der Waals surface area contributed by atoms with Gasteiger partial charge in [0, 0.05) is 49.9 Å². The van der Waals surface area contributed by atoms with E-state index in [9.17, 15) is 9.59 Å². The lowest BCUT2D eigenvalue weighted by molar-refractivity contribution is -0.173. The van der Waals surface area contributed by atoms with Gasteiger partial charge in [-0.15, -0.1) is 0 Å². The summed E-state index contributed by atoms with van der Waals surface area (Å²) in [7, 11) is 0. The zero-order chi connectivity index (χ0) is 19.7. The second-order valence-electron chi connectivity index (χ2n) is 7.84. The number of nitrogens with one attached hydrogen (secondary N) is 1. The first-order valence-electron chi connectivity index (χ1n) is 9.83. The molecule has 1 N–H and O–H groups in total. The third kappa shape index (κ3) is 3.42. The van der Waals surface area contributed by atoms with Crippen molar-refractivity contribution in [3.63, 3.8) is 0 Å². The monoisotopic (exact) mass is 382 g/mol. The molecular formula is C21H26N4O3. The molecule has 4 rings (SSSR count). The van der Waals surface area contributed by atoms with Crippen LogP contribution < -0.4 is 5.32 Å². The molecule has 0 saturated carbocycles. The van der Waals surface area contributed by atoms with Crippen LogP contribution in [-0.4, -0.2) is 45.5 Å². The molecular weight excluding hydrogens is 356 g/mol. The summed E-state index contributed by atoms with van der Waals surface area (Å²) in [6.07, 6.45) is 4.32. The second-order valence-corrected chi connectivity index (χ2v) is 7.84. The van der Waals surface area contributed by atoms with Crippen LogP contribution in [0.4, 0.5) is 5.69 Å². The highest BCUT2D eigenvalue weighted by molar-refractivity contribution is 5.94. The van der Waals surface area contributed by atoms with Crippen LogP contribution >= 0.6 is 0 Å². The third-order valence-corrected chi connectivity index (χ3v) is 5.56. The van der Waals surface area contributed by atoms with E-state index in [1.807, 2.05) is 59.8 Å². The lowest BCUT2D eigenvalue weighted by atomic mass is 9.88. The van der Waals surface area contributed by atoms with Crippen molar-refractivity contribution in [3.8, 4) is 0 Å². The second kappa shape index (κ2) is 7.39. The molecule has 0 bridgehead atoms. The fourth-order valence-electron chi connectivity index (χ4n) is 4.07. The predicted molar refractivity (Wildman–Crippen MR) is 105 cm³/mol. The van der Waals surface area contributed by atoms with E-state index >= 15 is 0 Å². The van der Waals surface area contributed by atoms with Gasteiger partial charge in [-0.25, -0.2) is 4.98 Å². The minimum atomic E-state index is -0.631. The summed E-state index contributed by atoms with van der Waals surface area (Å²) < 4.78 is 8.40. The topological polar surface area (TPSA) is 76.5 Å². The molecule has 2 aliphatic rings. The maximum Gasteiger partial charge on any atom is 0.255 e. The molecule has 0 radical (unpaired) electrons. The maximum atomic E-state index is 12.9. The van der Waals surface area contributed by atoms with Gasteiger partial charge in [-0.3, -0.25) is 9.59 Å². The largest absolute Gasteiger partial charge is 0.352 e. The minimum absolute atomic E-state index is 0.0206. The summed E-state index contributed by atoms with van der Waals surface area (Å²) in [4.78, 5) is 31.6. The van der Waals surface area contributed by atoms with E-state index in [0.717, 1.165) is 11.5 Å². The molecule has 1 aromatic carbocycles. The Morgan fingerprint density at radius 3 is 2.61 bits per heavy atom. The van der Waals surface area contributed by atoms with Crippen LogP contribution in [-0.2, 0) is 26.5 Å². The quantitative estimate of drug-likeness (QED) is 0.884. The Kier molecular flexibility index (Phi) is 4.93. The smallest absolute Gasteiger partial charge is 0.255 e. The maximum absolute atomic E-state index is 12.9. The predicted octanol–water partition coefficient (Wildman–Crippen LogP) is 2.39. The van der Waals surface area contributed by atoms with Gasteiger partial charge in [0.25, 0.3) is 5.91 Å². The first-order valence-corrected chi connectivity index (χ1v) is 9.83. The van der Waals surface area contributed by atoms with E-state index in [4.69, 9.17) is 4.74 Å². The minimum Gasteiger partial charge on any atom is -0.352 e. The van der Waals surface area contributed by atoms with Crippen LogP contribution in [0.25, 0.3) is 0 Å². The molecule has 1 fully saturated rings. The van der Waals surface area contributed by atoms with E-state index in [-0.39, 0.29) is 17.7 Å². The van der Waals surface area contributed by atoms with Crippen LogP contribution in [0.5, 0.6) is 0 Å². The number of nitrogens with zero attached hydrogens (tertiary/aromatic N) is 3. The molecule has 7 heteroatoms. The Hall–Kier alpha value is -2.67. The van der Waals surface area contributed by atoms with Gasteiger partial charge < -0.3 is 19.5 Å². The van der Waals surface area contributed by atoms with Crippen molar-refractivity contribution in [1.82, 2.24) is 14.5 Å². The van der Waals surface area contributed by atoms with Gasteiger partial charge in [-0.1, -0.05) is 32.0 Å². The number of piperidine rings is 1. The molecule has 2 aromatic rings.